The molecule has 0 amide bonds. The van der Waals surface area contributed by atoms with E-state index in [9.17, 15) is 4.39 Å². The molecule has 2 aliphatic heterocycles. The number of nitrogens with zero attached hydrogens (tertiary/aromatic N) is 2. The smallest absolute Gasteiger partial charge is 0.193 e. The zero-order valence-electron chi connectivity index (χ0n) is 18.1. The normalized spacial score (nSPS) is 22.0. The van der Waals surface area contributed by atoms with Gasteiger partial charge in [0.15, 0.2) is 5.96 Å². The lowest BCUT2D eigenvalue weighted by Crippen LogP contribution is -2.49. The Labute approximate surface area is 174 Å². The predicted octanol–water partition coefficient (Wildman–Crippen LogP) is 3.73. The molecule has 29 heavy (non-hydrogen) atoms. The fourth-order valence-electron chi connectivity index (χ4n) is 4.05. The maximum Gasteiger partial charge on any atom is 0.193 e. The first-order valence-electron chi connectivity index (χ1n) is 10.9. The van der Waals surface area contributed by atoms with Crippen LogP contribution in [0.1, 0.15) is 51.5 Å². The number of ether oxygens (including phenoxy) is 2. The van der Waals surface area contributed by atoms with Crippen molar-refractivity contribution in [3.8, 4) is 0 Å². The van der Waals surface area contributed by atoms with Crippen molar-refractivity contribution in [2.45, 2.75) is 63.6 Å². The van der Waals surface area contributed by atoms with Gasteiger partial charge in [-0.3, -0.25) is 4.99 Å². The first-order chi connectivity index (χ1) is 14.0. The third-order valence-electron chi connectivity index (χ3n) is 6.06. The molecule has 1 unspecified atom stereocenters. The number of piperidine rings is 1. The maximum absolute atomic E-state index is 13.2. The number of aliphatic imine (C=N–C) groups is 1. The van der Waals surface area contributed by atoms with Crippen LogP contribution in [0.4, 0.5) is 4.39 Å². The van der Waals surface area contributed by atoms with Gasteiger partial charge in [-0.05, 0) is 49.8 Å². The van der Waals surface area contributed by atoms with Crippen LogP contribution in [0.3, 0.4) is 0 Å². The van der Waals surface area contributed by atoms with Crippen LogP contribution in [-0.2, 0) is 14.9 Å². The summed E-state index contributed by atoms with van der Waals surface area (Å²) in [5, 5.41) is 3.51. The Kier molecular flexibility index (Phi) is 7.90. The van der Waals surface area contributed by atoms with Crippen molar-refractivity contribution in [2.75, 3.05) is 39.9 Å². The minimum absolute atomic E-state index is 0.120. The number of likely N-dealkylation sites (tertiary alicyclic amines) is 1. The number of benzene rings is 1. The summed E-state index contributed by atoms with van der Waals surface area (Å²) < 4.78 is 25.1. The summed E-state index contributed by atoms with van der Waals surface area (Å²) in [7, 11) is 1.83. The Morgan fingerprint density at radius 3 is 2.55 bits per heavy atom. The molecule has 2 saturated heterocycles. The summed E-state index contributed by atoms with van der Waals surface area (Å²) in [6.07, 6.45) is 6.17. The van der Waals surface area contributed by atoms with Crippen molar-refractivity contribution in [2.24, 2.45) is 4.99 Å². The first-order valence-corrected chi connectivity index (χ1v) is 10.9. The molecule has 1 atom stereocenters. The van der Waals surface area contributed by atoms with Gasteiger partial charge >= 0.3 is 0 Å². The molecular weight excluding hydrogens is 369 g/mol. The summed E-state index contributed by atoms with van der Waals surface area (Å²) in [4.78, 5) is 6.78. The molecule has 3 rings (SSSR count). The van der Waals surface area contributed by atoms with E-state index in [0.717, 1.165) is 63.6 Å². The molecule has 1 aromatic rings. The lowest BCUT2D eigenvalue weighted by Gasteiger charge is -2.36. The number of hydrogen-bond acceptors (Lipinski definition) is 3. The van der Waals surface area contributed by atoms with Crippen LogP contribution < -0.4 is 5.32 Å². The van der Waals surface area contributed by atoms with Crippen LogP contribution in [0, 0.1) is 5.82 Å². The quantitative estimate of drug-likeness (QED) is 0.579. The molecular formula is C23H36FN3O2. The highest BCUT2D eigenvalue weighted by atomic mass is 19.1. The Bertz CT molecular complexity index is 649. The number of guanidine groups is 1. The first kappa shape index (κ1) is 22.0. The van der Waals surface area contributed by atoms with E-state index in [1.807, 2.05) is 19.2 Å². The summed E-state index contributed by atoms with van der Waals surface area (Å²) in [5.74, 6) is 0.725. The highest BCUT2D eigenvalue weighted by molar-refractivity contribution is 5.80. The van der Waals surface area contributed by atoms with Gasteiger partial charge in [-0.15, -0.1) is 0 Å². The summed E-state index contributed by atoms with van der Waals surface area (Å²) >= 11 is 0. The van der Waals surface area contributed by atoms with Crippen molar-refractivity contribution >= 4 is 5.96 Å². The van der Waals surface area contributed by atoms with Crippen LogP contribution in [0.15, 0.2) is 29.3 Å². The van der Waals surface area contributed by atoms with Gasteiger partial charge in [0.05, 0.1) is 18.8 Å². The van der Waals surface area contributed by atoms with Crippen molar-refractivity contribution in [3.05, 3.63) is 35.6 Å². The third-order valence-corrected chi connectivity index (χ3v) is 6.06. The predicted molar refractivity (Wildman–Crippen MR) is 115 cm³/mol. The molecule has 1 aromatic carbocycles. The maximum atomic E-state index is 13.2. The molecule has 162 valence electrons. The minimum Gasteiger partial charge on any atom is -0.376 e. The Hall–Kier alpha value is -1.66. The molecule has 0 spiro atoms. The number of rotatable bonds is 6. The Morgan fingerprint density at radius 2 is 1.93 bits per heavy atom. The van der Waals surface area contributed by atoms with Gasteiger partial charge in [-0.2, -0.15) is 0 Å². The second-order valence-electron chi connectivity index (χ2n) is 8.80. The largest absolute Gasteiger partial charge is 0.376 e. The number of nitrogens with one attached hydrogen (secondary N) is 1. The Balaban J connectivity index is 1.43. The zero-order valence-corrected chi connectivity index (χ0v) is 18.1. The summed E-state index contributed by atoms with van der Waals surface area (Å²) in [6.45, 7) is 8.54. The molecule has 0 saturated carbocycles. The number of halogens is 1. The van der Waals surface area contributed by atoms with Crippen molar-refractivity contribution in [3.63, 3.8) is 0 Å². The van der Waals surface area contributed by atoms with Crippen LogP contribution >= 0.6 is 0 Å². The van der Waals surface area contributed by atoms with Gasteiger partial charge in [0.1, 0.15) is 5.82 Å². The monoisotopic (exact) mass is 405 g/mol. The number of hydrogen-bond donors (Lipinski definition) is 1. The molecule has 1 N–H and O–H groups in total. The molecule has 6 heteroatoms. The van der Waals surface area contributed by atoms with Gasteiger partial charge in [0, 0.05) is 38.7 Å². The summed E-state index contributed by atoms with van der Waals surface area (Å²) in [6, 6.07) is 6.77. The van der Waals surface area contributed by atoms with Gasteiger partial charge < -0.3 is 19.7 Å². The van der Waals surface area contributed by atoms with E-state index in [1.165, 1.54) is 25.0 Å². The van der Waals surface area contributed by atoms with Crippen LogP contribution in [0.2, 0.25) is 0 Å². The van der Waals surface area contributed by atoms with Gasteiger partial charge in [-0.25, -0.2) is 4.39 Å². The van der Waals surface area contributed by atoms with Gasteiger partial charge in [-0.1, -0.05) is 26.0 Å². The fraction of sp³-hybridized carbons (Fsp3) is 0.696. The Morgan fingerprint density at radius 1 is 1.21 bits per heavy atom. The molecule has 2 aliphatic rings. The molecule has 5 nitrogen and oxygen atoms in total. The average molecular weight is 406 g/mol. The topological polar surface area (TPSA) is 46.1 Å². The van der Waals surface area contributed by atoms with Crippen LogP contribution in [-0.4, -0.2) is 63.0 Å². The molecule has 0 aliphatic carbocycles. The van der Waals surface area contributed by atoms with Gasteiger partial charge in [0.25, 0.3) is 0 Å². The molecule has 2 fully saturated rings. The minimum atomic E-state index is -0.201. The van der Waals surface area contributed by atoms with E-state index >= 15 is 0 Å². The third kappa shape index (κ3) is 6.41. The van der Waals surface area contributed by atoms with E-state index in [-0.39, 0.29) is 17.3 Å². The standard InChI is InChI=1S/C23H36FN3O2/c1-23(2,18-7-9-19(24)10-8-18)17-26-22(25-3)27-13-11-20(12-14-27)29-16-21-6-4-5-15-28-21/h7-10,20-21H,4-6,11-17H2,1-3H3,(H,25,26). The molecule has 0 radical (unpaired) electrons. The van der Waals surface area contributed by atoms with Crippen LogP contribution in [0.25, 0.3) is 0 Å². The highest BCUT2D eigenvalue weighted by Crippen LogP contribution is 2.23. The molecule has 2 heterocycles. The van der Waals surface area contributed by atoms with Crippen molar-refractivity contribution < 1.29 is 13.9 Å². The van der Waals surface area contributed by atoms with E-state index in [2.05, 4.69) is 29.1 Å². The van der Waals surface area contributed by atoms with E-state index < -0.39 is 0 Å². The molecule has 0 aromatic heterocycles. The lowest BCUT2D eigenvalue weighted by atomic mass is 9.84. The highest BCUT2D eigenvalue weighted by Gasteiger charge is 2.26. The summed E-state index contributed by atoms with van der Waals surface area (Å²) in [5.41, 5.74) is 0.990. The second-order valence-corrected chi connectivity index (χ2v) is 8.80. The van der Waals surface area contributed by atoms with E-state index in [4.69, 9.17) is 9.47 Å². The van der Waals surface area contributed by atoms with Crippen molar-refractivity contribution in [1.82, 2.24) is 10.2 Å². The molecule has 0 bridgehead atoms. The van der Waals surface area contributed by atoms with E-state index in [1.54, 1.807) is 0 Å². The SMILES string of the molecule is CN=C(NCC(C)(C)c1ccc(F)cc1)N1CCC(OCC2CCCCO2)CC1. The van der Waals surface area contributed by atoms with Gasteiger partial charge in [0.2, 0.25) is 0 Å². The second kappa shape index (κ2) is 10.4. The fourth-order valence-corrected chi connectivity index (χ4v) is 4.05. The van der Waals surface area contributed by atoms with E-state index in [0.29, 0.717) is 6.10 Å². The van der Waals surface area contributed by atoms with Crippen molar-refractivity contribution in [1.29, 1.82) is 0 Å². The average Bonchev–Trinajstić information content (AvgIpc) is 2.74. The lowest BCUT2D eigenvalue weighted by molar-refractivity contribution is -0.0721. The zero-order chi connectivity index (χ0) is 20.7. The van der Waals surface area contributed by atoms with Crippen LogP contribution in [0.5, 0.6) is 0 Å².